The zero-order valence-corrected chi connectivity index (χ0v) is 21.3. The molecule has 0 saturated heterocycles. The number of nitriles is 1. The number of amides is 1. The number of pyridine rings is 1. The molecule has 4 rings (SSSR count). The van der Waals surface area contributed by atoms with E-state index < -0.39 is 0 Å². The summed E-state index contributed by atoms with van der Waals surface area (Å²) in [6, 6.07) is 20.8. The summed E-state index contributed by atoms with van der Waals surface area (Å²) in [5, 5.41) is 18.9. The number of benzene rings is 2. The number of rotatable bonds is 7. The van der Waals surface area contributed by atoms with Gasteiger partial charge in [0.05, 0.1) is 0 Å². The van der Waals surface area contributed by atoms with Crippen LogP contribution in [0.15, 0.2) is 77.9 Å². The van der Waals surface area contributed by atoms with E-state index >= 15 is 0 Å². The Bertz CT molecular complexity index is 1270. The van der Waals surface area contributed by atoms with Crippen LogP contribution in [-0.4, -0.2) is 36.5 Å². The summed E-state index contributed by atoms with van der Waals surface area (Å²) in [6.07, 6.45) is 6.87. The van der Waals surface area contributed by atoms with Gasteiger partial charge in [-0.25, -0.2) is 4.98 Å². The van der Waals surface area contributed by atoms with Gasteiger partial charge in [0.15, 0.2) is 0 Å². The van der Waals surface area contributed by atoms with Crippen LogP contribution >= 0.6 is 11.6 Å². The van der Waals surface area contributed by atoms with Gasteiger partial charge in [0.25, 0.3) is 5.91 Å². The molecule has 3 N–H and O–H groups in total. The van der Waals surface area contributed by atoms with Crippen molar-refractivity contribution in [2.45, 2.75) is 37.1 Å². The molecule has 0 aliphatic heterocycles. The SMILES string of the molecule is CN/C(=N\C#N)N[C@H]1CC[C@](CNC(=O)c2cccnc2Oc2ccc(Cl)cc2)(c2ccccc2)CC1. The third kappa shape index (κ3) is 6.57. The van der Waals surface area contributed by atoms with Crippen molar-refractivity contribution < 1.29 is 9.53 Å². The number of hydrogen-bond donors (Lipinski definition) is 3. The molecule has 1 heterocycles. The summed E-state index contributed by atoms with van der Waals surface area (Å²) in [4.78, 5) is 21.4. The molecule has 2 aromatic carbocycles. The minimum Gasteiger partial charge on any atom is -0.438 e. The summed E-state index contributed by atoms with van der Waals surface area (Å²) >= 11 is 5.97. The largest absolute Gasteiger partial charge is 0.438 e. The molecule has 37 heavy (non-hydrogen) atoms. The highest BCUT2D eigenvalue weighted by atomic mass is 35.5. The Balaban J connectivity index is 1.48. The van der Waals surface area contributed by atoms with E-state index in [0.29, 0.717) is 28.8 Å². The van der Waals surface area contributed by atoms with E-state index in [4.69, 9.17) is 21.6 Å². The van der Waals surface area contributed by atoms with Crippen LogP contribution in [0.3, 0.4) is 0 Å². The van der Waals surface area contributed by atoms with Gasteiger partial charge in [-0.05, 0) is 67.6 Å². The summed E-state index contributed by atoms with van der Waals surface area (Å²) in [6.45, 7) is 0.475. The number of carbonyl (C=O) groups excluding carboxylic acids is 1. The van der Waals surface area contributed by atoms with E-state index in [0.717, 1.165) is 25.7 Å². The van der Waals surface area contributed by atoms with E-state index in [1.165, 1.54) is 5.56 Å². The first-order chi connectivity index (χ1) is 18.0. The average molecular weight is 517 g/mol. The maximum atomic E-state index is 13.3. The number of halogens is 1. The lowest BCUT2D eigenvalue weighted by Crippen LogP contribution is -2.49. The van der Waals surface area contributed by atoms with Crippen molar-refractivity contribution in [3.8, 4) is 17.8 Å². The van der Waals surface area contributed by atoms with Crippen LogP contribution in [0.2, 0.25) is 5.02 Å². The molecule has 1 fully saturated rings. The number of aromatic nitrogens is 1. The van der Waals surface area contributed by atoms with Crippen LogP contribution in [0, 0.1) is 11.5 Å². The molecule has 3 aromatic rings. The van der Waals surface area contributed by atoms with Crippen LogP contribution in [0.1, 0.15) is 41.6 Å². The molecule has 1 aromatic heterocycles. The van der Waals surface area contributed by atoms with E-state index in [2.05, 4.69) is 38.1 Å². The fourth-order valence-corrected chi connectivity index (χ4v) is 4.81. The second-order valence-corrected chi connectivity index (χ2v) is 9.41. The highest BCUT2D eigenvalue weighted by Crippen LogP contribution is 2.39. The number of carbonyl (C=O) groups is 1. The Kier molecular flexibility index (Phi) is 8.60. The second-order valence-electron chi connectivity index (χ2n) is 8.97. The van der Waals surface area contributed by atoms with Gasteiger partial charge in [0.1, 0.15) is 11.3 Å². The molecule has 1 aliphatic carbocycles. The monoisotopic (exact) mass is 516 g/mol. The molecule has 8 nitrogen and oxygen atoms in total. The van der Waals surface area contributed by atoms with Crippen molar-refractivity contribution in [1.82, 2.24) is 20.9 Å². The normalized spacial score (nSPS) is 19.4. The highest BCUT2D eigenvalue weighted by Gasteiger charge is 2.37. The molecule has 0 unspecified atom stereocenters. The third-order valence-electron chi connectivity index (χ3n) is 6.70. The zero-order valence-electron chi connectivity index (χ0n) is 20.6. The molecule has 0 bridgehead atoms. The molecule has 0 spiro atoms. The fourth-order valence-electron chi connectivity index (χ4n) is 4.68. The minimum absolute atomic E-state index is 0.185. The predicted octanol–water partition coefficient (Wildman–Crippen LogP) is 4.78. The quantitative estimate of drug-likeness (QED) is 0.237. The lowest BCUT2D eigenvalue weighted by molar-refractivity contribution is 0.0932. The molecule has 1 aliphatic rings. The topological polar surface area (TPSA) is 111 Å². The van der Waals surface area contributed by atoms with Gasteiger partial charge >= 0.3 is 0 Å². The molecule has 0 atom stereocenters. The minimum atomic E-state index is -0.244. The van der Waals surface area contributed by atoms with E-state index in [1.807, 2.05) is 24.4 Å². The van der Waals surface area contributed by atoms with Crippen LogP contribution < -0.4 is 20.7 Å². The molecule has 0 radical (unpaired) electrons. The zero-order chi connectivity index (χ0) is 26.1. The summed E-state index contributed by atoms with van der Waals surface area (Å²) in [7, 11) is 1.74. The summed E-state index contributed by atoms with van der Waals surface area (Å²) < 4.78 is 5.89. The van der Waals surface area contributed by atoms with Crippen LogP contribution in [0.4, 0.5) is 0 Å². The Morgan fingerprint density at radius 1 is 1.14 bits per heavy atom. The van der Waals surface area contributed by atoms with E-state index in [-0.39, 0.29) is 23.2 Å². The second kappa shape index (κ2) is 12.2. The van der Waals surface area contributed by atoms with E-state index in [1.54, 1.807) is 49.6 Å². The average Bonchev–Trinajstić information content (AvgIpc) is 2.94. The Labute approximate surface area is 221 Å². The molecule has 190 valence electrons. The van der Waals surface area contributed by atoms with Gasteiger partial charge in [0.2, 0.25) is 18.0 Å². The predicted molar refractivity (Wildman–Crippen MR) is 144 cm³/mol. The molecule has 9 heteroatoms. The summed E-state index contributed by atoms with van der Waals surface area (Å²) in [5.74, 6) is 1.01. The van der Waals surface area contributed by atoms with Crippen molar-refractivity contribution in [2.24, 2.45) is 4.99 Å². The Morgan fingerprint density at radius 2 is 1.86 bits per heavy atom. The number of nitrogens with one attached hydrogen (secondary N) is 3. The molecule has 1 amide bonds. The van der Waals surface area contributed by atoms with Crippen LogP contribution in [0.5, 0.6) is 11.6 Å². The first-order valence-corrected chi connectivity index (χ1v) is 12.5. The van der Waals surface area contributed by atoms with Gasteiger partial charge in [-0.1, -0.05) is 41.9 Å². The van der Waals surface area contributed by atoms with Gasteiger partial charge < -0.3 is 20.7 Å². The first-order valence-electron chi connectivity index (χ1n) is 12.2. The standard InChI is InChI=1S/C28H29ClN6O2/c1-31-27(34-19-30)35-22-13-15-28(16-14-22,20-6-3-2-4-7-20)18-33-25(36)24-8-5-17-32-26(24)37-23-11-9-21(29)10-12-23/h2-12,17,22H,13-16,18H2,1H3,(H,33,36)(H2,31,34,35)/t22-,28-. The number of nitrogens with zero attached hydrogens (tertiary/aromatic N) is 3. The maximum absolute atomic E-state index is 13.3. The van der Waals surface area contributed by atoms with Crippen molar-refractivity contribution in [2.75, 3.05) is 13.6 Å². The Hall–Kier alpha value is -4.09. The van der Waals surface area contributed by atoms with Gasteiger partial charge in [0, 0.05) is 36.3 Å². The lowest BCUT2D eigenvalue weighted by atomic mass is 9.68. The molecule has 1 saturated carbocycles. The van der Waals surface area contributed by atoms with Crippen molar-refractivity contribution >= 4 is 23.5 Å². The maximum Gasteiger partial charge on any atom is 0.256 e. The molecular weight excluding hydrogens is 488 g/mol. The number of hydrogen-bond acceptors (Lipinski definition) is 5. The van der Waals surface area contributed by atoms with Crippen molar-refractivity contribution in [3.05, 3.63) is 89.1 Å². The van der Waals surface area contributed by atoms with Crippen molar-refractivity contribution in [1.29, 1.82) is 5.26 Å². The number of guanidine groups is 1. The number of ether oxygens (including phenoxy) is 1. The van der Waals surface area contributed by atoms with Crippen molar-refractivity contribution in [3.63, 3.8) is 0 Å². The van der Waals surface area contributed by atoms with Crippen LogP contribution in [-0.2, 0) is 5.41 Å². The highest BCUT2D eigenvalue weighted by molar-refractivity contribution is 6.30. The smallest absolute Gasteiger partial charge is 0.256 e. The number of aliphatic imine (C=N–C) groups is 1. The third-order valence-corrected chi connectivity index (χ3v) is 6.95. The fraction of sp³-hybridized carbons (Fsp3) is 0.286. The lowest BCUT2D eigenvalue weighted by Gasteiger charge is -2.41. The van der Waals surface area contributed by atoms with Gasteiger partial charge in [-0.15, -0.1) is 4.99 Å². The summed E-state index contributed by atoms with van der Waals surface area (Å²) in [5.41, 5.74) is 1.33. The van der Waals surface area contributed by atoms with E-state index in [9.17, 15) is 4.79 Å². The van der Waals surface area contributed by atoms with Gasteiger partial charge in [-0.3, -0.25) is 4.79 Å². The van der Waals surface area contributed by atoms with Gasteiger partial charge in [-0.2, -0.15) is 5.26 Å². The Morgan fingerprint density at radius 3 is 2.54 bits per heavy atom. The van der Waals surface area contributed by atoms with Crippen LogP contribution in [0.25, 0.3) is 0 Å². The first kappa shape index (κ1) is 26.0. The molecular formula is C28H29ClN6O2.